The molecule has 1 fully saturated rings. The van der Waals surface area contributed by atoms with Gasteiger partial charge in [0, 0.05) is 31.1 Å². The van der Waals surface area contributed by atoms with Crippen LogP contribution in [0.2, 0.25) is 0 Å². The highest BCUT2D eigenvalue weighted by Crippen LogP contribution is 2.40. The minimum atomic E-state index is 0.152. The van der Waals surface area contributed by atoms with Gasteiger partial charge in [-0.15, -0.1) is 0 Å². The molecule has 36 heavy (non-hydrogen) atoms. The summed E-state index contributed by atoms with van der Waals surface area (Å²) in [6.07, 6.45) is 2.25. The Morgan fingerprint density at radius 3 is 2.67 bits per heavy atom. The number of fused-ring (bicyclic) bond motifs is 1. The van der Waals surface area contributed by atoms with Gasteiger partial charge in [-0.3, -0.25) is 4.79 Å². The third kappa shape index (κ3) is 5.73. The highest BCUT2D eigenvalue weighted by atomic mass is 16.5. The van der Waals surface area contributed by atoms with Crippen LogP contribution in [0.3, 0.4) is 0 Å². The molecular formula is C31H35NO4. The molecular weight excluding hydrogens is 450 g/mol. The van der Waals surface area contributed by atoms with E-state index in [0.717, 1.165) is 54.2 Å². The van der Waals surface area contributed by atoms with Gasteiger partial charge in [-0.2, -0.15) is 0 Å². The summed E-state index contributed by atoms with van der Waals surface area (Å²) in [5, 5.41) is 0. The Kier molecular flexibility index (Phi) is 7.57. The first kappa shape index (κ1) is 24.4. The van der Waals surface area contributed by atoms with Gasteiger partial charge < -0.3 is 19.1 Å². The first-order valence-electron chi connectivity index (χ1n) is 13.0. The fourth-order valence-electron chi connectivity index (χ4n) is 4.94. The van der Waals surface area contributed by atoms with Crippen LogP contribution in [0, 0.1) is 19.8 Å². The van der Waals surface area contributed by atoms with Gasteiger partial charge in [-0.1, -0.05) is 54.1 Å². The maximum Gasteiger partial charge on any atom is 0.223 e. The Morgan fingerprint density at radius 1 is 1.06 bits per heavy atom. The van der Waals surface area contributed by atoms with Gasteiger partial charge >= 0.3 is 0 Å². The van der Waals surface area contributed by atoms with Gasteiger partial charge in [0.25, 0.3) is 0 Å². The number of nitrogens with zero attached hydrogens (tertiary/aromatic N) is 1. The summed E-state index contributed by atoms with van der Waals surface area (Å²) in [7, 11) is 0. The average molecular weight is 486 g/mol. The number of hydrogen-bond acceptors (Lipinski definition) is 4. The van der Waals surface area contributed by atoms with Crippen molar-refractivity contribution in [3.05, 3.63) is 82.9 Å². The van der Waals surface area contributed by atoms with Crippen molar-refractivity contribution in [2.45, 2.75) is 39.7 Å². The summed E-state index contributed by atoms with van der Waals surface area (Å²) in [5.41, 5.74) is 6.86. The fourth-order valence-corrected chi connectivity index (χ4v) is 4.94. The number of hydrogen-bond donors (Lipinski definition) is 0. The molecule has 3 aromatic carbocycles. The van der Waals surface area contributed by atoms with Gasteiger partial charge in [0.15, 0.2) is 11.5 Å². The topological polar surface area (TPSA) is 48.0 Å². The van der Waals surface area contributed by atoms with E-state index in [9.17, 15) is 4.79 Å². The van der Waals surface area contributed by atoms with Crippen LogP contribution in [-0.4, -0.2) is 43.8 Å². The van der Waals surface area contributed by atoms with Crippen molar-refractivity contribution in [2.75, 3.05) is 33.0 Å². The maximum absolute atomic E-state index is 13.2. The fraction of sp³-hybridized carbons (Fsp3) is 0.387. The van der Waals surface area contributed by atoms with Crippen LogP contribution in [0.4, 0.5) is 0 Å². The molecule has 0 spiro atoms. The number of aryl methyl sites for hydroxylation is 3. The zero-order chi connectivity index (χ0) is 24.9. The molecule has 2 heterocycles. The van der Waals surface area contributed by atoms with Gasteiger partial charge in [0.2, 0.25) is 5.91 Å². The number of rotatable bonds is 7. The predicted octanol–water partition coefficient (Wildman–Crippen LogP) is 5.74. The molecule has 0 N–H and O–H groups in total. The van der Waals surface area contributed by atoms with Gasteiger partial charge in [-0.25, -0.2) is 0 Å². The number of amides is 1. The second kappa shape index (κ2) is 11.2. The Labute approximate surface area is 214 Å². The largest absolute Gasteiger partial charge is 0.489 e. The lowest BCUT2D eigenvalue weighted by Gasteiger charge is -2.21. The van der Waals surface area contributed by atoms with Gasteiger partial charge in [-0.05, 0) is 61.1 Å². The van der Waals surface area contributed by atoms with E-state index in [1.165, 1.54) is 16.7 Å². The van der Waals surface area contributed by atoms with Crippen molar-refractivity contribution in [3.63, 3.8) is 0 Å². The van der Waals surface area contributed by atoms with Crippen LogP contribution >= 0.6 is 0 Å². The summed E-state index contributed by atoms with van der Waals surface area (Å²) >= 11 is 0. The van der Waals surface area contributed by atoms with Crippen molar-refractivity contribution >= 4 is 5.91 Å². The van der Waals surface area contributed by atoms with E-state index in [2.05, 4.69) is 74.5 Å². The second-order valence-electron chi connectivity index (χ2n) is 9.97. The number of carbonyl (C=O) groups is 1. The molecule has 1 amide bonds. The zero-order valence-corrected chi connectivity index (χ0v) is 21.3. The van der Waals surface area contributed by atoms with Crippen molar-refractivity contribution in [1.82, 2.24) is 4.90 Å². The normalized spacial score (nSPS) is 17.3. The third-order valence-corrected chi connectivity index (χ3v) is 7.16. The second-order valence-corrected chi connectivity index (χ2v) is 9.97. The van der Waals surface area contributed by atoms with Gasteiger partial charge in [0.1, 0.15) is 6.61 Å². The molecule has 0 aromatic heterocycles. The van der Waals surface area contributed by atoms with Crippen molar-refractivity contribution in [3.8, 4) is 22.6 Å². The molecule has 1 atom stereocenters. The molecule has 5 nitrogen and oxygen atoms in total. The number of ether oxygens (including phenoxy) is 3. The SMILES string of the molecule is Cc1ccc(CCC(=O)N2CCOc3c(cc(-c4ccccc4C)cc3OC[C@@H]3CCOC3)C2)cc1. The van der Waals surface area contributed by atoms with E-state index in [4.69, 9.17) is 14.2 Å². The minimum absolute atomic E-state index is 0.152. The Hall–Kier alpha value is -3.31. The standard InChI is InChI=1S/C31H35NO4/c1-22-7-9-24(10-8-22)11-12-30(33)32-14-16-35-31-27(19-32)17-26(28-6-4-3-5-23(28)2)18-29(31)36-21-25-13-15-34-20-25/h3-10,17-18,25H,11-16,19-21H2,1-2H3/t25-/m1/s1. The molecule has 0 aliphatic carbocycles. The molecule has 2 aliphatic heterocycles. The highest BCUT2D eigenvalue weighted by Gasteiger charge is 2.25. The molecule has 0 unspecified atom stereocenters. The Bertz CT molecular complexity index is 1200. The molecule has 0 radical (unpaired) electrons. The molecule has 0 bridgehead atoms. The number of carbonyl (C=O) groups excluding carboxylic acids is 1. The van der Waals surface area contributed by atoms with Gasteiger partial charge in [0.05, 0.1) is 19.8 Å². The van der Waals surface area contributed by atoms with E-state index in [1.807, 2.05) is 4.90 Å². The van der Waals surface area contributed by atoms with Crippen LogP contribution in [0.1, 0.15) is 35.1 Å². The maximum atomic E-state index is 13.2. The Morgan fingerprint density at radius 2 is 1.89 bits per heavy atom. The lowest BCUT2D eigenvalue weighted by molar-refractivity contribution is -0.131. The quantitative estimate of drug-likeness (QED) is 0.428. The zero-order valence-electron chi connectivity index (χ0n) is 21.3. The van der Waals surface area contributed by atoms with Crippen LogP contribution in [0.15, 0.2) is 60.7 Å². The van der Waals surface area contributed by atoms with Crippen LogP contribution in [0.5, 0.6) is 11.5 Å². The summed E-state index contributed by atoms with van der Waals surface area (Å²) < 4.78 is 18.1. The number of benzene rings is 3. The lowest BCUT2D eigenvalue weighted by Crippen LogP contribution is -2.32. The van der Waals surface area contributed by atoms with Crippen LogP contribution in [-0.2, 0) is 22.5 Å². The van der Waals surface area contributed by atoms with E-state index in [0.29, 0.717) is 38.6 Å². The average Bonchev–Trinajstić information content (AvgIpc) is 3.31. The van der Waals surface area contributed by atoms with E-state index >= 15 is 0 Å². The Balaban J connectivity index is 1.39. The van der Waals surface area contributed by atoms with Crippen LogP contribution in [0.25, 0.3) is 11.1 Å². The minimum Gasteiger partial charge on any atom is -0.489 e. The van der Waals surface area contributed by atoms with E-state index in [1.54, 1.807) is 0 Å². The summed E-state index contributed by atoms with van der Waals surface area (Å²) in [5.74, 6) is 2.07. The molecule has 3 aromatic rings. The monoisotopic (exact) mass is 485 g/mol. The summed E-state index contributed by atoms with van der Waals surface area (Å²) in [6, 6.07) is 21.0. The first-order valence-corrected chi connectivity index (χ1v) is 13.0. The van der Waals surface area contributed by atoms with Crippen molar-refractivity contribution in [1.29, 1.82) is 0 Å². The highest BCUT2D eigenvalue weighted by molar-refractivity contribution is 5.77. The van der Waals surface area contributed by atoms with E-state index < -0.39 is 0 Å². The molecule has 1 saturated heterocycles. The first-order chi connectivity index (χ1) is 17.6. The van der Waals surface area contributed by atoms with Crippen molar-refractivity contribution in [2.24, 2.45) is 5.92 Å². The molecule has 5 heteroatoms. The molecule has 0 saturated carbocycles. The molecule has 188 valence electrons. The van der Waals surface area contributed by atoms with Crippen molar-refractivity contribution < 1.29 is 19.0 Å². The lowest BCUT2D eigenvalue weighted by atomic mass is 9.97. The predicted molar refractivity (Wildman–Crippen MR) is 141 cm³/mol. The molecule has 2 aliphatic rings. The van der Waals surface area contributed by atoms with E-state index in [-0.39, 0.29) is 5.91 Å². The molecule has 5 rings (SSSR count). The smallest absolute Gasteiger partial charge is 0.223 e. The summed E-state index contributed by atoms with van der Waals surface area (Å²) in [4.78, 5) is 15.1. The summed E-state index contributed by atoms with van der Waals surface area (Å²) in [6.45, 7) is 7.88. The van der Waals surface area contributed by atoms with Crippen LogP contribution < -0.4 is 9.47 Å². The third-order valence-electron chi connectivity index (χ3n) is 7.16.